The van der Waals surface area contributed by atoms with E-state index in [0.29, 0.717) is 46.3 Å². The minimum Gasteiger partial charge on any atom is -0.507 e. The Hall–Kier alpha value is -2.99. The van der Waals surface area contributed by atoms with E-state index in [0.717, 1.165) is 19.5 Å². The number of phenolic OH excluding ortho intramolecular Hbond substituents is 1. The molecule has 1 fully saturated rings. The number of phenols is 1. The molecule has 2 aromatic carbocycles. The number of fused-ring (bicyclic) bond motifs is 1. The van der Waals surface area contributed by atoms with Crippen LogP contribution < -0.4 is 14.9 Å². The van der Waals surface area contributed by atoms with Crippen molar-refractivity contribution in [2.75, 3.05) is 20.2 Å². The van der Waals surface area contributed by atoms with E-state index >= 15 is 0 Å². The van der Waals surface area contributed by atoms with Gasteiger partial charge in [-0.15, -0.1) is 0 Å². The Balaban J connectivity index is 1.76. The molecule has 6 nitrogen and oxygen atoms in total. The zero-order chi connectivity index (χ0) is 21.3. The van der Waals surface area contributed by atoms with Gasteiger partial charge in [0.05, 0.1) is 18.1 Å². The van der Waals surface area contributed by atoms with Gasteiger partial charge in [0.1, 0.15) is 17.1 Å². The lowest BCUT2D eigenvalue weighted by Crippen LogP contribution is -2.33. The van der Waals surface area contributed by atoms with Crippen LogP contribution in [0.5, 0.6) is 23.0 Å². The van der Waals surface area contributed by atoms with E-state index in [4.69, 9.17) is 13.9 Å². The largest absolute Gasteiger partial charge is 0.507 e. The molecule has 1 aliphatic heterocycles. The predicted octanol–water partition coefficient (Wildman–Crippen LogP) is 4.84. The molecule has 6 heteroatoms. The van der Waals surface area contributed by atoms with E-state index in [1.807, 2.05) is 12.1 Å². The molecule has 2 heterocycles. The van der Waals surface area contributed by atoms with Crippen LogP contribution in [0.4, 0.5) is 0 Å². The summed E-state index contributed by atoms with van der Waals surface area (Å²) in [5, 5.41) is 10.9. The fraction of sp³-hybridized carbons (Fsp3) is 0.375. The lowest BCUT2D eigenvalue weighted by molar-refractivity contribution is 0.175. The quantitative estimate of drug-likeness (QED) is 0.650. The van der Waals surface area contributed by atoms with Crippen LogP contribution in [0.2, 0.25) is 0 Å². The number of nitrogens with zero attached hydrogens (tertiary/aromatic N) is 1. The van der Waals surface area contributed by atoms with Gasteiger partial charge < -0.3 is 19.0 Å². The van der Waals surface area contributed by atoms with Crippen LogP contribution in [-0.4, -0.2) is 30.2 Å². The van der Waals surface area contributed by atoms with E-state index in [2.05, 4.69) is 11.8 Å². The van der Waals surface area contributed by atoms with Gasteiger partial charge in [0.15, 0.2) is 11.5 Å². The van der Waals surface area contributed by atoms with E-state index < -0.39 is 0 Å². The van der Waals surface area contributed by atoms with Crippen LogP contribution in [0.15, 0.2) is 45.6 Å². The first kappa shape index (κ1) is 20.3. The number of likely N-dealkylation sites (tertiary alicyclic amines) is 1. The number of benzene rings is 2. The number of aryl methyl sites for hydroxylation is 1. The molecule has 0 radical (unpaired) electrons. The first-order chi connectivity index (χ1) is 14.5. The van der Waals surface area contributed by atoms with E-state index in [1.54, 1.807) is 38.3 Å². The molecule has 3 aromatic rings. The lowest BCUT2D eigenvalue weighted by atomic mass is 9.99. The molecule has 1 aliphatic rings. The van der Waals surface area contributed by atoms with E-state index in [1.165, 1.54) is 6.42 Å². The highest BCUT2D eigenvalue weighted by atomic mass is 16.5. The third-order valence-corrected chi connectivity index (χ3v) is 5.67. The smallest absolute Gasteiger partial charge is 0.235 e. The van der Waals surface area contributed by atoms with Crippen LogP contribution in [0.25, 0.3) is 11.0 Å². The van der Waals surface area contributed by atoms with Gasteiger partial charge in [-0.2, -0.15) is 0 Å². The lowest BCUT2D eigenvalue weighted by Gasteiger charge is -2.31. The van der Waals surface area contributed by atoms with Gasteiger partial charge in [0.25, 0.3) is 0 Å². The van der Waals surface area contributed by atoms with Gasteiger partial charge in [-0.3, -0.25) is 9.69 Å². The van der Waals surface area contributed by atoms with Crippen molar-refractivity contribution in [3.63, 3.8) is 0 Å². The average Bonchev–Trinajstić information content (AvgIpc) is 2.73. The van der Waals surface area contributed by atoms with Gasteiger partial charge in [0.2, 0.25) is 11.2 Å². The average molecular weight is 409 g/mol. The highest BCUT2D eigenvalue weighted by Crippen LogP contribution is 2.35. The van der Waals surface area contributed by atoms with E-state index in [-0.39, 0.29) is 16.9 Å². The molecule has 4 rings (SSSR count). The third-order valence-electron chi connectivity index (χ3n) is 5.67. The fourth-order valence-corrected chi connectivity index (χ4v) is 4.13. The van der Waals surface area contributed by atoms with Crippen LogP contribution >= 0.6 is 0 Å². The highest BCUT2D eigenvalue weighted by molar-refractivity contribution is 5.83. The maximum Gasteiger partial charge on any atom is 0.235 e. The second kappa shape index (κ2) is 8.40. The molecule has 1 aromatic heterocycles. The number of para-hydroxylation sites is 2. The summed E-state index contributed by atoms with van der Waals surface area (Å²) in [4.78, 5) is 15.5. The summed E-state index contributed by atoms with van der Waals surface area (Å²) in [6, 6.07) is 10.3. The molecule has 0 amide bonds. The predicted molar refractivity (Wildman–Crippen MR) is 116 cm³/mol. The van der Waals surface area contributed by atoms with Gasteiger partial charge in [0, 0.05) is 13.1 Å². The molecule has 0 aliphatic carbocycles. The van der Waals surface area contributed by atoms with Gasteiger partial charge in [-0.25, -0.2) is 0 Å². The molecule has 0 spiro atoms. The Kier molecular flexibility index (Phi) is 5.68. The van der Waals surface area contributed by atoms with Crippen molar-refractivity contribution in [1.82, 2.24) is 4.90 Å². The van der Waals surface area contributed by atoms with Crippen LogP contribution in [-0.2, 0) is 6.54 Å². The van der Waals surface area contributed by atoms with Crippen molar-refractivity contribution >= 4 is 11.0 Å². The number of hydrogen-bond donors (Lipinski definition) is 1. The summed E-state index contributed by atoms with van der Waals surface area (Å²) in [6.07, 6.45) is 2.35. The van der Waals surface area contributed by atoms with Gasteiger partial charge in [-0.05, 0) is 56.5 Å². The minimum absolute atomic E-state index is 0.121. The summed E-state index contributed by atoms with van der Waals surface area (Å²) >= 11 is 0. The van der Waals surface area contributed by atoms with E-state index in [9.17, 15) is 9.90 Å². The summed E-state index contributed by atoms with van der Waals surface area (Å²) in [5.74, 6) is 2.21. The molecular weight excluding hydrogens is 382 g/mol. The first-order valence-electron chi connectivity index (χ1n) is 10.3. The number of methoxy groups -OCH3 is 1. The zero-order valence-electron chi connectivity index (χ0n) is 17.6. The second-order valence-electron chi connectivity index (χ2n) is 7.99. The molecule has 30 heavy (non-hydrogen) atoms. The summed E-state index contributed by atoms with van der Waals surface area (Å²) in [7, 11) is 1.55. The van der Waals surface area contributed by atoms with Gasteiger partial charge in [-0.1, -0.05) is 19.1 Å². The third kappa shape index (κ3) is 3.87. The highest BCUT2D eigenvalue weighted by Gasteiger charge is 2.22. The van der Waals surface area contributed by atoms with Crippen molar-refractivity contribution in [3.8, 4) is 23.0 Å². The molecule has 0 bridgehead atoms. The van der Waals surface area contributed by atoms with Crippen LogP contribution in [0.1, 0.15) is 31.1 Å². The SMILES string of the molecule is COc1ccccc1Oc1c(C)oc2c(CN3CCCC(C)C3)c(O)ccc2c1=O. The van der Waals surface area contributed by atoms with Crippen molar-refractivity contribution in [1.29, 1.82) is 0 Å². The number of hydrogen-bond acceptors (Lipinski definition) is 6. The zero-order valence-corrected chi connectivity index (χ0v) is 17.6. The normalized spacial score (nSPS) is 17.2. The topological polar surface area (TPSA) is 72.1 Å². The summed E-state index contributed by atoms with van der Waals surface area (Å²) in [5.41, 5.74) is 0.793. The molecule has 0 saturated carbocycles. The Labute approximate surface area is 175 Å². The molecule has 1 atom stereocenters. The maximum atomic E-state index is 13.2. The second-order valence-corrected chi connectivity index (χ2v) is 7.99. The number of rotatable bonds is 5. The summed E-state index contributed by atoms with van der Waals surface area (Å²) < 4.78 is 17.3. The Morgan fingerprint density at radius 1 is 1.20 bits per heavy atom. The van der Waals surface area contributed by atoms with Crippen molar-refractivity contribution in [3.05, 3.63) is 57.9 Å². The van der Waals surface area contributed by atoms with Crippen LogP contribution in [0, 0.1) is 12.8 Å². The van der Waals surface area contributed by atoms with Crippen molar-refractivity contribution in [2.45, 2.75) is 33.2 Å². The standard InChI is InChI=1S/C24H27NO5/c1-15-7-6-12-25(13-15)14-18-19(26)11-10-17-22(27)23(16(2)29-24(17)18)30-21-9-5-4-8-20(21)28-3/h4-5,8-11,15,26H,6-7,12-14H2,1-3H3. The minimum atomic E-state index is -0.270. The molecule has 1 saturated heterocycles. The maximum absolute atomic E-state index is 13.2. The molecule has 1 unspecified atom stereocenters. The first-order valence-corrected chi connectivity index (χ1v) is 10.3. The Morgan fingerprint density at radius 3 is 2.70 bits per heavy atom. The number of ether oxygens (including phenoxy) is 2. The Morgan fingerprint density at radius 2 is 1.97 bits per heavy atom. The number of aromatic hydroxyl groups is 1. The molecule has 1 N–H and O–H groups in total. The fourth-order valence-electron chi connectivity index (χ4n) is 4.13. The van der Waals surface area contributed by atoms with Crippen molar-refractivity contribution < 1.29 is 19.0 Å². The monoisotopic (exact) mass is 409 g/mol. The number of piperidine rings is 1. The van der Waals surface area contributed by atoms with Gasteiger partial charge >= 0.3 is 0 Å². The molecule has 158 valence electrons. The molecular formula is C24H27NO5. The Bertz CT molecular complexity index is 1120. The van der Waals surface area contributed by atoms with Crippen LogP contribution in [0.3, 0.4) is 0 Å². The summed E-state index contributed by atoms with van der Waals surface area (Å²) in [6.45, 7) is 6.41. The van der Waals surface area contributed by atoms with Crippen molar-refractivity contribution in [2.24, 2.45) is 5.92 Å².